The van der Waals surface area contributed by atoms with Crippen LogP contribution in [0.2, 0.25) is 0 Å². The first-order chi connectivity index (χ1) is 13.1. The first-order valence-electron chi connectivity index (χ1n) is 7.50. The third kappa shape index (κ3) is 8.07. The predicted octanol–water partition coefficient (Wildman–Crippen LogP) is 0.522. The fraction of sp³-hybridized carbons (Fsp3) is 0.0667. The van der Waals surface area contributed by atoms with Gasteiger partial charge in [-0.05, 0) is 48.5 Å². The van der Waals surface area contributed by atoms with E-state index in [9.17, 15) is 21.6 Å². The zero-order chi connectivity index (χ0) is 20.5. The van der Waals surface area contributed by atoms with Crippen molar-refractivity contribution in [2.75, 3.05) is 5.01 Å². The van der Waals surface area contributed by atoms with Gasteiger partial charge in [0.25, 0.3) is 26.1 Å². The molecule has 0 saturated carbocycles. The number of azo groups is 1. The van der Waals surface area contributed by atoms with Gasteiger partial charge in [-0.3, -0.25) is 13.9 Å². The molecular weight excluding hydrogens is 481 g/mol. The number of carbonyl (C=O) groups is 1. The number of hydrogen-bond acceptors (Lipinski definition) is 8. The van der Waals surface area contributed by atoms with Gasteiger partial charge in [-0.2, -0.15) is 37.2 Å². The van der Waals surface area contributed by atoms with Gasteiger partial charge >= 0.3 is 0 Å². The van der Waals surface area contributed by atoms with Gasteiger partial charge in [0, 0.05) is 88.7 Å². The average molecular weight is 493 g/mol. The van der Waals surface area contributed by atoms with Crippen molar-refractivity contribution in [1.82, 2.24) is 0 Å². The van der Waals surface area contributed by atoms with Crippen molar-refractivity contribution in [2.24, 2.45) is 15.3 Å². The van der Waals surface area contributed by atoms with Crippen LogP contribution in [0.1, 0.15) is 0 Å². The molecule has 0 fully saturated rings. The molecule has 2 aromatic rings. The minimum atomic E-state index is -4.35. The van der Waals surface area contributed by atoms with E-state index in [1.165, 1.54) is 30.5 Å². The van der Waals surface area contributed by atoms with Gasteiger partial charge in [0.2, 0.25) is 0 Å². The molecule has 0 bridgehead atoms. The Morgan fingerprint density at radius 3 is 1.71 bits per heavy atom. The van der Waals surface area contributed by atoms with Crippen molar-refractivity contribution in [3.63, 3.8) is 0 Å². The summed E-state index contributed by atoms with van der Waals surface area (Å²) in [5.41, 5.74) is 0.522. The van der Waals surface area contributed by atoms with Gasteiger partial charge in [0.1, 0.15) is 0 Å². The number of nitrogens with zero attached hydrogens (tertiary/aromatic N) is 4. The summed E-state index contributed by atoms with van der Waals surface area (Å²) in [5.74, 6) is -0.544. The van der Waals surface area contributed by atoms with E-state index in [1.807, 2.05) is 0 Å². The molecule has 1 heterocycles. The summed E-state index contributed by atoms with van der Waals surface area (Å²) in [6, 6.07) is 8.69. The van der Waals surface area contributed by atoms with Crippen molar-refractivity contribution < 1.29 is 30.7 Å². The van der Waals surface area contributed by atoms with E-state index in [2.05, 4.69) is 15.3 Å². The number of benzene rings is 2. The van der Waals surface area contributed by atoms with Crippen molar-refractivity contribution >= 4 is 132 Å². The molecule has 2 N–H and O–H groups in total. The topological polar surface area (TPSA) is 166 Å². The largest absolute Gasteiger partial charge is 0.294 e. The Kier molecular flexibility index (Phi) is 12.5. The summed E-state index contributed by atoms with van der Waals surface area (Å²) in [6.07, 6.45) is 1.23. The van der Waals surface area contributed by atoms with Gasteiger partial charge < -0.3 is 0 Å². The summed E-state index contributed by atoms with van der Waals surface area (Å²) in [4.78, 5) is 11.7. The number of hydrogen-bond donors (Lipinski definition) is 2. The van der Waals surface area contributed by atoms with Crippen LogP contribution < -0.4 is 5.01 Å². The molecule has 0 saturated heterocycles. The van der Waals surface area contributed by atoms with E-state index in [4.69, 9.17) is 9.11 Å². The van der Waals surface area contributed by atoms with Crippen LogP contribution in [0.25, 0.3) is 0 Å². The van der Waals surface area contributed by atoms with Gasteiger partial charge in [0.05, 0.1) is 27.4 Å². The molecule has 1 atom stereocenters. The number of hydrazone groups is 1. The monoisotopic (exact) mass is 493 g/mol. The fourth-order valence-electron chi connectivity index (χ4n) is 2.22. The normalized spacial score (nSPS) is 15.9. The van der Waals surface area contributed by atoms with Crippen LogP contribution >= 0.6 is 0 Å². The SMILES string of the molecule is O=C1C(N=Nc2ccc(S(=O)(=O)O)cc2)C=NN1c1ccc(S(=O)(=O)O)cc1.[Na].[Na].[Na]. The molecule has 1 amide bonds. The Labute approximate surface area is 244 Å². The molecule has 3 radical (unpaired) electrons. The maximum atomic E-state index is 12.4. The van der Waals surface area contributed by atoms with E-state index < -0.39 is 32.2 Å². The van der Waals surface area contributed by atoms with Crippen molar-refractivity contribution in [1.29, 1.82) is 0 Å². The van der Waals surface area contributed by atoms with Crippen LogP contribution in [0.4, 0.5) is 11.4 Å². The third-order valence-corrected chi connectivity index (χ3v) is 5.33. The maximum absolute atomic E-state index is 12.4. The van der Waals surface area contributed by atoms with Crippen molar-refractivity contribution in [3.8, 4) is 0 Å². The minimum absolute atomic E-state index is 0. The Morgan fingerprint density at radius 1 is 0.806 bits per heavy atom. The summed E-state index contributed by atoms with van der Waals surface area (Å²) in [6.45, 7) is 0. The van der Waals surface area contributed by atoms with Gasteiger partial charge in [-0.25, -0.2) is 0 Å². The van der Waals surface area contributed by atoms with Crippen LogP contribution in [0.5, 0.6) is 0 Å². The molecule has 149 valence electrons. The standard InChI is InChI=1S/C15H12N4O7S2.3Na/c20-15-14(18-17-10-1-5-12(6-2-10)27(21,22)23)9-16-19(15)11-3-7-13(8-4-11)28(24,25)26;;;/h1-9,14H,(H,21,22,23)(H,24,25,26);;;. The third-order valence-electron chi connectivity index (χ3n) is 3.60. The van der Waals surface area contributed by atoms with Gasteiger partial charge in [-0.1, -0.05) is 0 Å². The van der Waals surface area contributed by atoms with E-state index in [0.717, 1.165) is 29.3 Å². The Morgan fingerprint density at radius 2 is 1.26 bits per heavy atom. The van der Waals surface area contributed by atoms with E-state index >= 15 is 0 Å². The summed E-state index contributed by atoms with van der Waals surface area (Å²) in [5, 5.41) is 12.6. The van der Waals surface area contributed by atoms with Crippen LogP contribution in [0, 0.1) is 0 Å². The Balaban J connectivity index is 0.00000300. The van der Waals surface area contributed by atoms with Crippen LogP contribution in [0.3, 0.4) is 0 Å². The molecule has 1 aliphatic rings. The fourth-order valence-corrected chi connectivity index (χ4v) is 3.18. The van der Waals surface area contributed by atoms with E-state index in [0.29, 0.717) is 0 Å². The molecule has 1 aliphatic heterocycles. The van der Waals surface area contributed by atoms with Gasteiger partial charge in [-0.15, -0.1) is 0 Å². The Hall–Kier alpha value is 0.000000000000000444. The first-order valence-corrected chi connectivity index (χ1v) is 10.4. The van der Waals surface area contributed by atoms with E-state index in [1.54, 1.807) is 0 Å². The van der Waals surface area contributed by atoms with Crippen LogP contribution in [-0.4, -0.2) is 133 Å². The molecule has 3 rings (SSSR count). The minimum Gasteiger partial charge on any atom is -0.282 e. The van der Waals surface area contributed by atoms with Crippen LogP contribution in [0.15, 0.2) is 73.7 Å². The number of carbonyl (C=O) groups excluding carboxylic acids is 1. The van der Waals surface area contributed by atoms with Gasteiger partial charge in [0.15, 0.2) is 6.04 Å². The number of rotatable bonds is 5. The zero-order valence-corrected chi connectivity index (χ0v) is 24.4. The maximum Gasteiger partial charge on any atom is 0.294 e. The Bertz CT molecular complexity index is 1190. The summed E-state index contributed by atoms with van der Waals surface area (Å²) < 4.78 is 62.0. The molecule has 0 aromatic heterocycles. The predicted molar refractivity (Wildman–Crippen MR) is 114 cm³/mol. The smallest absolute Gasteiger partial charge is 0.282 e. The quantitative estimate of drug-likeness (QED) is 0.348. The second-order valence-electron chi connectivity index (χ2n) is 5.51. The summed E-state index contributed by atoms with van der Waals surface area (Å²) in [7, 11) is -8.66. The second kappa shape index (κ2) is 12.5. The number of amides is 1. The molecule has 2 aromatic carbocycles. The molecule has 0 spiro atoms. The van der Waals surface area contributed by atoms with Crippen molar-refractivity contribution in [2.45, 2.75) is 15.8 Å². The zero-order valence-electron chi connectivity index (χ0n) is 16.8. The number of anilines is 1. The van der Waals surface area contributed by atoms with Crippen molar-refractivity contribution in [3.05, 3.63) is 48.5 Å². The van der Waals surface area contributed by atoms with Crippen LogP contribution in [-0.2, 0) is 25.0 Å². The average Bonchev–Trinajstić information content (AvgIpc) is 2.99. The molecular formula is C15H12N4Na3O7S2. The van der Waals surface area contributed by atoms with E-state index in [-0.39, 0.29) is 110 Å². The molecule has 0 aliphatic carbocycles. The first kappa shape index (κ1) is 31.0. The second-order valence-corrected chi connectivity index (χ2v) is 8.36. The molecule has 31 heavy (non-hydrogen) atoms. The summed E-state index contributed by atoms with van der Waals surface area (Å²) >= 11 is 0. The molecule has 11 nitrogen and oxygen atoms in total. The molecule has 16 heteroatoms. The molecule has 1 unspecified atom stereocenters.